The van der Waals surface area contributed by atoms with Crippen LogP contribution in [0.25, 0.3) is 0 Å². The fourth-order valence-electron chi connectivity index (χ4n) is 1.40. The van der Waals surface area contributed by atoms with Crippen LogP contribution in [0.3, 0.4) is 0 Å². The number of rotatable bonds is 6. The van der Waals surface area contributed by atoms with Crippen molar-refractivity contribution in [3.63, 3.8) is 0 Å². The summed E-state index contributed by atoms with van der Waals surface area (Å²) in [5.74, 6) is 1.51. The Kier molecular flexibility index (Phi) is 4.87. The minimum Gasteiger partial charge on any atom is -0.481 e. The first-order valence-corrected chi connectivity index (χ1v) is 5.39. The van der Waals surface area contributed by atoms with E-state index >= 15 is 0 Å². The second-order valence-corrected chi connectivity index (χ2v) is 3.49. The molecule has 0 radical (unpaired) electrons. The van der Waals surface area contributed by atoms with E-state index in [0.29, 0.717) is 5.88 Å². The Morgan fingerprint density at radius 1 is 1.33 bits per heavy atom. The molecule has 0 fully saturated rings. The minimum atomic E-state index is 0.642. The van der Waals surface area contributed by atoms with Gasteiger partial charge >= 0.3 is 0 Å². The minimum absolute atomic E-state index is 0.642. The highest BCUT2D eigenvalue weighted by Crippen LogP contribution is 2.19. The molecule has 0 aromatic carbocycles. The van der Waals surface area contributed by atoms with Gasteiger partial charge in [0.2, 0.25) is 5.88 Å². The van der Waals surface area contributed by atoms with E-state index in [1.165, 1.54) is 25.6 Å². The summed E-state index contributed by atoms with van der Waals surface area (Å²) in [7, 11) is 1.62. The topological polar surface area (TPSA) is 47.0 Å². The summed E-state index contributed by atoms with van der Waals surface area (Å²) in [6.07, 6.45) is 5.16. The zero-order valence-corrected chi connectivity index (χ0v) is 9.71. The van der Waals surface area contributed by atoms with E-state index < -0.39 is 0 Å². The molecule has 0 bridgehead atoms. The molecular formula is C11H19N3O. The van der Waals surface area contributed by atoms with Gasteiger partial charge in [-0.1, -0.05) is 19.8 Å². The summed E-state index contributed by atoms with van der Waals surface area (Å²) in [5, 5.41) is 3.29. The van der Waals surface area contributed by atoms with Gasteiger partial charge in [-0.05, 0) is 13.3 Å². The van der Waals surface area contributed by atoms with Crippen molar-refractivity contribution in [2.45, 2.75) is 33.1 Å². The van der Waals surface area contributed by atoms with Crippen molar-refractivity contribution < 1.29 is 4.74 Å². The lowest BCUT2D eigenvalue weighted by atomic mass is 10.2. The Balaban J connectivity index is 2.53. The largest absolute Gasteiger partial charge is 0.481 e. The highest BCUT2D eigenvalue weighted by molar-refractivity contribution is 5.47. The third-order valence-corrected chi connectivity index (χ3v) is 2.30. The number of unbranched alkanes of at least 4 members (excludes halogenated alkanes) is 2. The van der Waals surface area contributed by atoms with Gasteiger partial charge in [-0.15, -0.1) is 0 Å². The van der Waals surface area contributed by atoms with Gasteiger partial charge in [0.1, 0.15) is 12.1 Å². The van der Waals surface area contributed by atoms with Crippen molar-refractivity contribution in [3.8, 4) is 5.88 Å². The molecule has 0 saturated heterocycles. The summed E-state index contributed by atoms with van der Waals surface area (Å²) in [6.45, 7) is 5.11. The van der Waals surface area contributed by atoms with E-state index in [1.807, 2.05) is 6.92 Å². The molecule has 0 saturated carbocycles. The Morgan fingerprint density at radius 2 is 2.13 bits per heavy atom. The number of aromatic nitrogens is 2. The summed E-state index contributed by atoms with van der Waals surface area (Å²) in [6, 6.07) is 0. The number of nitrogens with zero attached hydrogens (tertiary/aromatic N) is 2. The van der Waals surface area contributed by atoms with Gasteiger partial charge in [0.05, 0.1) is 12.7 Å². The molecule has 0 aliphatic heterocycles. The molecule has 0 spiro atoms. The highest BCUT2D eigenvalue weighted by Gasteiger charge is 2.05. The maximum absolute atomic E-state index is 5.12. The Hall–Kier alpha value is -1.32. The molecular weight excluding hydrogens is 190 g/mol. The van der Waals surface area contributed by atoms with E-state index in [9.17, 15) is 0 Å². The normalized spacial score (nSPS) is 10.1. The first-order valence-electron chi connectivity index (χ1n) is 5.39. The molecule has 1 N–H and O–H groups in total. The molecule has 4 nitrogen and oxygen atoms in total. The summed E-state index contributed by atoms with van der Waals surface area (Å²) in [4.78, 5) is 8.21. The molecule has 1 heterocycles. The molecule has 84 valence electrons. The standard InChI is InChI=1S/C11H19N3O/c1-4-5-6-7-12-10-9(2)11(15-3)14-8-13-10/h8H,4-7H2,1-3H3,(H,12,13,14). The molecule has 0 aliphatic carbocycles. The van der Waals surface area contributed by atoms with Crippen LogP contribution in [0.2, 0.25) is 0 Å². The van der Waals surface area contributed by atoms with E-state index in [-0.39, 0.29) is 0 Å². The van der Waals surface area contributed by atoms with Crippen molar-refractivity contribution >= 4 is 5.82 Å². The van der Waals surface area contributed by atoms with Crippen molar-refractivity contribution in [2.24, 2.45) is 0 Å². The van der Waals surface area contributed by atoms with Crippen LogP contribution < -0.4 is 10.1 Å². The van der Waals surface area contributed by atoms with Crippen LogP contribution in [-0.4, -0.2) is 23.6 Å². The third-order valence-electron chi connectivity index (χ3n) is 2.30. The van der Waals surface area contributed by atoms with Crippen LogP contribution in [0.5, 0.6) is 5.88 Å². The first kappa shape index (κ1) is 11.8. The molecule has 15 heavy (non-hydrogen) atoms. The Bertz CT molecular complexity index is 302. The van der Waals surface area contributed by atoms with Crippen LogP contribution in [-0.2, 0) is 0 Å². The third kappa shape index (κ3) is 3.38. The molecule has 0 aliphatic rings. The highest BCUT2D eigenvalue weighted by atomic mass is 16.5. The molecule has 1 rings (SSSR count). The maximum atomic E-state index is 5.12. The van der Waals surface area contributed by atoms with Gasteiger partial charge in [0.25, 0.3) is 0 Å². The molecule has 1 aromatic heterocycles. The van der Waals surface area contributed by atoms with E-state index in [0.717, 1.165) is 17.9 Å². The number of nitrogens with one attached hydrogen (secondary N) is 1. The van der Waals surface area contributed by atoms with Gasteiger partial charge in [0, 0.05) is 6.54 Å². The van der Waals surface area contributed by atoms with Gasteiger partial charge in [-0.2, -0.15) is 0 Å². The van der Waals surface area contributed by atoms with E-state index in [4.69, 9.17) is 4.74 Å². The average Bonchev–Trinajstić information content (AvgIpc) is 2.26. The van der Waals surface area contributed by atoms with Crippen LogP contribution in [0, 0.1) is 6.92 Å². The summed E-state index contributed by atoms with van der Waals surface area (Å²) in [5.41, 5.74) is 0.969. The van der Waals surface area contributed by atoms with Gasteiger partial charge < -0.3 is 10.1 Å². The zero-order valence-electron chi connectivity index (χ0n) is 9.71. The smallest absolute Gasteiger partial charge is 0.221 e. The number of ether oxygens (including phenoxy) is 1. The average molecular weight is 209 g/mol. The number of anilines is 1. The monoisotopic (exact) mass is 209 g/mol. The number of methoxy groups -OCH3 is 1. The lowest BCUT2D eigenvalue weighted by Crippen LogP contribution is -2.06. The van der Waals surface area contributed by atoms with Gasteiger partial charge in [-0.25, -0.2) is 9.97 Å². The number of hydrogen-bond donors (Lipinski definition) is 1. The molecule has 0 unspecified atom stereocenters. The van der Waals surface area contributed by atoms with Crippen molar-refractivity contribution in [2.75, 3.05) is 19.0 Å². The van der Waals surface area contributed by atoms with Gasteiger partial charge in [-0.3, -0.25) is 0 Å². The summed E-state index contributed by atoms with van der Waals surface area (Å²) < 4.78 is 5.12. The molecule has 4 heteroatoms. The second-order valence-electron chi connectivity index (χ2n) is 3.49. The SMILES string of the molecule is CCCCCNc1ncnc(OC)c1C. The molecule has 1 aromatic rings. The fraction of sp³-hybridized carbons (Fsp3) is 0.636. The van der Waals surface area contributed by atoms with E-state index in [1.54, 1.807) is 7.11 Å². The Labute approximate surface area is 91.1 Å². The van der Waals surface area contributed by atoms with Crippen LogP contribution in [0.1, 0.15) is 31.7 Å². The lowest BCUT2D eigenvalue weighted by molar-refractivity contribution is 0.393. The lowest BCUT2D eigenvalue weighted by Gasteiger charge is -2.09. The quantitative estimate of drug-likeness (QED) is 0.731. The number of hydrogen-bond acceptors (Lipinski definition) is 4. The predicted molar refractivity (Wildman–Crippen MR) is 61.3 cm³/mol. The maximum Gasteiger partial charge on any atom is 0.221 e. The van der Waals surface area contributed by atoms with Crippen LogP contribution in [0.15, 0.2) is 6.33 Å². The zero-order chi connectivity index (χ0) is 11.1. The Morgan fingerprint density at radius 3 is 2.80 bits per heavy atom. The second kappa shape index (κ2) is 6.22. The van der Waals surface area contributed by atoms with Crippen LogP contribution in [0.4, 0.5) is 5.82 Å². The van der Waals surface area contributed by atoms with Crippen molar-refractivity contribution in [3.05, 3.63) is 11.9 Å². The van der Waals surface area contributed by atoms with Gasteiger partial charge in [0.15, 0.2) is 0 Å². The molecule has 0 amide bonds. The van der Waals surface area contributed by atoms with E-state index in [2.05, 4.69) is 22.2 Å². The predicted octanol–water partition coefficient (Wildman–Crippen LogP) is 2.40. The molecule has 0 atom stereocenters. The summed E-state index contributed by atoms with van der Waals surface area (Å²) >= 11 is 0. The van der Waals surface area contributed by atoms with Crippen molar-refractivity contribution in [1.29, 1.82) is 0 Å². The van der Waals surface area contributed by atoms with Crippen molar-refractivity contribution in [1.82, 2.24) is 9.97 Å². The fourth-order valence-corrected chi connectivity index (χ4v) is 1.40. The first-order chi connectivity index (χ1) is 7.29. The van der Waals surface area contributed by atoms with Crippen LogP contribution >= 0.6 is 0 Å².